The van der Waals surface area contributed by atoms with Crippen molar-refractivity contribution in [2.45, 2.75) is 18.9 Å². The minimum Gasteiger partial charge on any atom is -0.329 e. The van der Waals surface area contributed by atoms with Crippen molar-refractivity contribution in [3.63, 3.8) is 0 Å². The van der Waals surface area contributed by atoms with E-state index < -0.39 is 0 Å². The maximum atomic E-state index is 13.0. The fourth-order valence-electron chi connectivity index (χ4n) is 3.98. The number of carbonyl (C=O) groups excluding carboxylic acids is 1. The standard InChI is InChI=1S/C21H20N6O2/c1-25-19(12-22-21(25)29)20(28)26-10-4-7-18(26)17-13-27(24-23-17)16-9-8-14-5-2-3-6-15(14)11-16/h2-3,5-6,8-9,11-13,18H,4,7,10H2,1H3,(H,22,29). The Hall–Kier alpha value is -3.68. The molecule has 0 bridgehead atoms. The van der Waals surface area contributed by atoms with Crippen molar-refractivity contribution in [3.8, 4) is 5.69 Å². The lowest BCUT2D eigenvalue weighted by molar-refractivity contribution is 0.0723. The van der Waals surface area contributed by atoms with Crippen LogP contribution in [-0.4, -0.2) is 41.9 Å². The number of imidazole rings is 1. The van der Waals surface area contributed by atoms with Crippen LogP contribution in [-0.2, 0) is 7.05 Å². The van der Waals surface area contributed by atoms with E-state index in [-0.39, 0.29) is 17.6 Å². The normalized spacial score (nSPS) is 16.6. The molecule has 1 unspecified atom stereocenters. The third-order valence-corrected chi connectivity index (χ3v) is 5.58. The van der Waals surface area contributed by atoms with Gasteiger partial charge >= 0.3 is 5.69 Å². The van der Waals surface area contributed by atoms with Gasteiger partial charge in [0.2, 0.25) is 0 Å². The molecule has 1 aliphatic heterocycles. The van der Waals surface area contributed by atoms with E-state index in [4.69, 9.17) is 0 Å². The average Bonchev–Trinajstić information content (AvgIpc) is 3.48. The number of fused-ring (bicyclic) bond motifs is 1. The predicted octanol–water partition coefficient (Wildman–Crippen LogP) is 2.42. The fraction of sp³-hybridized carbons (Fsp3) is 0.238. The number of hydrogen-bond acceptors (Lipinski definition) is 4. The summed E-state index contributed by atoms with van der Waals surface area (Å²) in [6.45, 7) is 0.631. The summed E-state index contributed by atoms with van der Waals surface area (Å²) in [4.78, 5) is 29.0. The molecule has 1 amide bonds. The van der Waals surface area contributed by atoms with Crippen LogP contribution in [0.25, 0.3) is 16.5 Å². The Labute approximate surface area is 166 Å². The number of aromatic nitrogens is 5. The molecule has 3 heterocycles. The van der Waals surface area contributed by atoms with Crippen LogP contribution in [0, 0.1) is 0 Å². The Balaban J connectivity index is 1.45. The van der Waals surface area contributed by atoms with Gasteiger partial charge in [0.05, 0.1) is 17.9 Å². The number of benzene rings is 2. The number of rotatable bonds is 3. The number of likely N-dealkylation sites (tertiary alicyclic amines) is 1. The second-order valence-electron chi connectivity index (χ2n) is 7.31. The number of H-pyrrole nitrogens is 1. The first-order valence-corrected chi connectivity index (χ1v) is 9.58. The van der Waals surface area contributed by atoms with Gasteiger partial charge < -0.3 is 9.88 Å². The molecule has 1 atom stereocenters. The highest BCUT2D eigenvalue weighted by Crippen LogP contribution is 2.32. The first-order chi connectivity index (χ1) is 14.1. The summed E-state index contributed by atoms with van der Waals surface area (Å²) in [6, 6.07) is 14.1. The molecule has 1 N–H and O–H groups in total. The maximum Gasteiger partial charge on any atom is 0.325 e. The monoisotopic (exact) mass is 388 g/mol. The lowest BCUT2D eigenvalue weighted by atomic mass is 10.1. The first-order valence-electron chi connectivity index (χ1n) is 9.58. The van der Waals surface area contributed by atoms with Gasteiger partial charge in [-0.2, -0.15) is 0 Å². The number of hydrogen-bond donors (Lipinski definition) is 1. The van der Waals surface area contributed by atoms with Crippen LogP contribution in [0.2, 0.25) is 0 Å². The molecule has 5 rings (SSSR count). The lowest BCUT2D eigenvalue weighted by Gasteiger charge is -2.22. The van der Waals surface area contributed by atoms with E-state index in [9.17, 15) is 9.59 Å². The molecule has 0 aliphatic carbocycles. The Morgan fingerprint density at radius 2 is 2.00 bits per heavy atom. The van der Waals surface area contributed by atoms with Gasteiger partial charge in [0.15, 0.2) is 0 Å². The summed E-state index contributed by atoms with van der Waals surface area (Å²) in [5.41, 5.74) is 1.73. The molecular weight excluding hydrogens is 368 g/mol. The molecule has 8 nitrogen and oxygen atoms in total. The van der Waals surface area contributed by atoms with Gasteiger partial charge in [-0.1, -0.05) is 35.5 Å². The van der Waals surface area contributed by atoms with Crippen LogP contribution in [0.1, 0.15) is 35.1 Å². The minimum atomic E-state index is -0.300. The van der Waals surface area contributed by atoms with Gasteiger partial charge in [0, 0.05) is 19.8 Å². The van der Waals surface area contributed by atoms with Crippen molar-refractivity contribution in [1.82, 2.24) is 29.4 Å². The zero-order valence-corrected chi connectivity index (χ0v) is 15.9. The SMILES string of the molecule is Cn1c(C(=O)N2CCCC2c2cn(-c3ccc4ccccc4c3)nn2)c[nH]c1=O. The Morgan fingerprint density at radius 1 is 1.17 bits per heavy atom. The molecule has 2 aromatic heterocycles. The van der Waals surface area contributed by atoms with Crippen molar-refractivity contribution in [2.24, 2.45) is 7.05 Å². The molecular formula is C21H20N6O2. The number of aromatic amines is 1. The van der Waals surface area contributed by atoms with E-state index in [2.05, 4.69) is 39.6 Å². The third kappa shape index (κ3) is 2.93. The van der Waals surface area contributed by atoms with E-state index in [1.54, 1.807) is 16.6 Å². The molecule has 8 heteroatoms. The topological polar surface area (TPSA) is 88.8 Å². The molecule has 1 aliphatic rings. The van der Waals surface area contributed by atoms with Gasteiger partial charge in [0.25, 0.3) is 5.91 Å². The average molecular weight is 388 g/mol. The van der Waals surface area contributed by atoms with Crippen molar-refractivity contribution in [3.05, 3.63) is 76.7 Å². The van der Waals surface area contributed by atoms with E-state index in [1.165, 1.54) is 16.2 Å². The van der Waals surface area contributed by atoms with E-state index in [0.717, 1.165) is 29.6 Å². The van der Waals surface area contributed by atoms with Crippen molar-refractivity contribution >= 4 is 16.7 Å². The quantitative estimate of drug-likeness (QED) is 0.584. The highest BCUT2D eigenvalue weighted by atomic mass is 16.2. The third-order valence-electron chi connectivity index (χ3n) is 5.58. The summed E-state index contributed by atoms with van der Waals surface area (Å²) in [5.74, 6) is -0.173. The zero-order valence-electron chi connectivity index (χ0n) is 15.9. The van der Waals surface area contributed by atoms with Crippen LogP contribution in [0.5, 0.6) is 0 Å². The molecule has 29 heavy (non-hydrogen) atoms. The predicted molar refractivity (Wildman–Crippen MR) is 108 cm³/mol. The van der Waals surface area contributed by atoms with Crippen LogP contribution in [0.4, 0.5) is 0 Å². The number of nitrogens with zero attached hydrogens (tertiary/aromatic N) is 5. The highest BCUT2D eigenvalue weighted by molar-refractivity contribution is 5.92. The highest BCUT2D eigenvalue weighted by Gasteiger charge is 2.33. The number of amides is 1. The van der Waals surface area contributed by atoms with Crippen LogP contribution >= 0.6 is 0 Å². The molecule has 0 radical (unpaired) electrons. The van der Waals surface area contributed by atoms with Gasteiger partial charge in [-0.05, 0) is 35.7 Å². The van der Waals surface area contributed by atoms with Gasteiger partial charge in [0.1, 0.15) is 11.4 Å². The molecule has 1 saturated heterocycles. The first kappa shape index (κ1) is 17.4. The Bertz CT molecular complexity index is 1270. The smallest absolute Gasteiger partial charge is 0.325 e. The molecule has 146 valence electrons. The van der Waals surface area contributed by atoms with Crippen LogP contribution in [0.3, 0.4) is 0 Å². The Kier molecular flexibility index (Phi) is 4.04. The minimum absolute atomic E-state index is 0.151. The summed E-state index contributed by atoms with van der Waals surface area (Å²) < 4.78 is 3.08. The zero-order chi connectivity index (χ0) is 20.0. The summed E-state index contributed by atoms with van der Waals surface area (Å²) in [5, 5.41) is 10.9. The summed E-state index contributed by atoms with van der Waals surface area (Å²) in [6.07, 6.45) is 5.06. The van der Waals surface area contributed by atoms with Crippen molar-refractivity contribution in [1.29, 1.82) is 0 Å². The van der Waals surface area contributed by atoms with E-state index >= 15 is 0 Å². The van der Waals surface area contributed by atoms with Crippen molar-refractivity contribution in [2.75, 3.05) is 6.54 Å². The second kappa shape index (κ2) is 6.73. The van der Waals surface area contributed by atoms with Crippen LogP contribution in [0.15, 0.2) is 59.7 Å². The summed E-state index contributed by atoms with van der Waals surface area (Å²) in [7, 11) is 1.59. The summed E-state index contributed by atoms with van der Waals surface area (Å²) >= 11 is 0. The molecule has 1 fully saturated rings. The fourth-order valence-corrected chi connectivity index (χ4v) is 3.98. The second-order valence-corrected chi connectivity index (χ2v) is 7.31. The van der Waals surface area contributed by atoms with Gasteiger partial charge in [-0.3, -0.25) is 9.36 Å². The van der Waals surface area contributed by atoms with E-state index in [0.29, 0.717) is 12.2 Å². The molecule has 0 spiro atoms. The maximum absolute atomic E-state index is 13.0. The largest absolute Gasteiger partial charge is 0.329 e. The molecule has 4 aromatic rings. The lowest BCUT2D eigenvalue weighted by Crippen LogP contribution is -2.33. The Morgan fingerprint density at radius 3 is 2.79 bits per heavy atom. The van der Waals surface area contributed by atoms with Crippen LogP contribution < -0.4 is 5.69 Å². The molecule has 0 saturated carbocycles. The van der Waals surface area contributed by atoms with Gasteiger partial charge in [-0.15, -0.1) is 5.10 Å². The number of carbonyl (C=O) groups is 1. The van der Waals surface area contributed by atoms with Crippen molar-refractivity contribution < 1.29 is 4.79 Å². The number of nitrogens with one attached hydrogen (secondary N) is 1. The molecule has 2 aromatic carbocycles. The van der Waals surface area contributed by atoms with E-state index in [1.807, 2.05) is 24.4 Å². The van der Waals surface area contributed by atoms with Gasteiger partial charge in [-0.25, -0.2) is 9.48 Å².